The minimum Gasteiger partial charge on any atom is -0.311 e. The van der Waals surface area contributed by atoms with Crippen molar-refractivity contribution in [1.29, 1.82) is 0 Å². The Bertz CT molecular complexity index is 551. The van der Waals surface area contributed by atoms with Crippen molar-refractivity contribution in [2.45, 2.75) is 13.5 Å². The molecule has 0 atom stereocenters. The van der Waals surface area contributed by atoms with Gasteiger partial charge in [0.1, 0.15) is 0 Å². The summed E-state index contributed by atoms with van der Waals surface area (Å²) in [4.78, 5) is 0. The van der Waals surface area contributed by atoms with Crippen LogP contribution in [0.1, 0.15) is 12.6 Å². The summed E-state index contributed by atoms with van der Waals surface area (Å²) < 4.78 is 1.69. The normalized spacial score (nSPS) is 10.9. The summed E-state index contributed by atoms with van der Waals surface area (Å²) in [6.45, 7) is 3.68. The highest BCUT2D eigenvalue weighted by atomic mass is 35.5. The second-order valence-corrected chi connectivity index (χ2v) is 4.97. The van der Waals surface area contributed by atoms with Gasteiger partial charge < -0.3 is 5.32 Å². The van der Waals surface area contributed by atoms with Gasteiger partial charge in [-0.05, 0) is 24.7 Å². The zero-order valence-corrected chi connectivity index (χ0v) is 12.0. The van der Waals surface area contributed by atoms with Crippen LogP contribution in [-0.4, -0.2) is 16.3 Å². The fourth-order valence-corrected chi connectivity index (χ4v) is 2.16. The average molecular weight is 305 g/mol. The molecule has 0 saturated carbocycles. The molecule has 0 aliphatic carbocycles. The predicted molar refractivity (Wildman–Crippen MR) is 76.0 cm³/mol. The van der Waals surface area contributed by atoms with Gasteiger partial charge in [-0.15, -0.1) is 0 Å². The summed E-state index contributed by atoms with van der Waals surface area (Å²) in [7, 11) is 0. The molecule has 0 aliphatic heterocycles. The lowest BCUT2D eigenvalue weighted by Crippen LogP contribution is -2.12. The molecule has 0 radical (unpaired) electrons. The van der Waals surface area contributed by atoms with Crippen molar-refractivity contribution in [2.24, 2.45) is 0 Å². The van der Waals surface area contributed by atoms with E-state index in [1.165, 1.54) is 0 Å². The first-order valence-electron chi connectivity index (χ1n) is 5.52. The first-order valence-corrected chi connectivity index (χ1v) is 6.65. The first kappa shape index (κ1) is 13.7. The average Bonchev–Trinajstić information content (AvgIpc) is 2.79. The minimum absolute atomic E-state index is 0.436. The molecule has 0 amide bonds. The van der Waals surface area contributed by atoms with Crippen LogP contribution in [0.15, 0.2) is 24.4 Å². The zero-order chi connectivity index (χ0) is 13.1. The quantitative estimate of drug-likeness (QED) is 0.867. The summed E-state index contributed by atoms with van der Waals surface area (Å²) in [6.07, 6.45) is 1.85. The van der Waals surface area contributed by atoms with Crippen LogP contribution < -0.4 is 5.32 Å². The molecule has 0 spiro atoms. The lowest BCUT2D eigenvalue weighted by molar-refractivity contribution is 0.696. The van der Waals surface area contributed by atoms with Gasteiger partial charge in [0.05, 0.1) is 26.4 Å². The molecule has 1 aromatic heterocycles. The number of nitrogens with one attached hydrogen (secondary N) is 1. The van der Waals surface area contributed by atoms with Crippen molar-refractivity contribution in [3.8, 4) is 5.69 Å². The molecule has 1 aromatic carbocycles. The van der Waals surface area contributed by atoms with Crippen molar-refractivity contribution < 1.29 is 0 Å². The van der Waals surface area contributed by atoms with E-state index in [1.54, 1.807) is 16.8 Å². The number of nitrogens with zero attached hydrogens (tertiary/aromatic N) is 2. The second kappa shape index (κ2) is 5.93. The number of aromatic nitrogens is 2. The van der Waals surface area contributed by atoms with Crippen LogP contribution >= 0.6 is 34.8 Å². The van der Waals surface area contributed by atoms with Crippen LogP contribution in [0.25, 0.3) is 5.69 Å². The monoisotopic (exact) mass is 303 g/mol. The van der Waals surface area contributed by atoms with E-state index in [2.05, 4.69) is 10.4 Å². The topological polar surface area (TPSA) is 29.9 Å². The predicted octanol–water partition coefficient (Wildman–Crippen LogP) is 3.94. The van der Waals surface area contributed by atoms with Gasteiger partial charge in [-0.1, -0.05) is 41.7 Å². The Morgan fingerprint density at radius 2 is 1.89 bits per heavy atom. The van der Waals surface area contributed by atoms with Crippen molar-refractivity contribution in [1.82, 2.24) is 15.1 Å². The van der Waals surface area contributed by atoms with Crippen molar-refractivity contribution in [2.75, 3.05) is 6.54 Å². The Kier molecular flexibility index (Phi) is 4.51. The third-order valence-corrected chi connectivity index (χ3v) is 3.46. The summed E-state index contributed by atoms with van der Waals surface area (Å²) in [6, 6.07) is 5.25. The van der Waals surface area contributed by atoms with Crippen LogP contribution in [-0.2, 0) is 6.54 Å². The van der Waals surface area contributed by atoms with Gasteiger partial charge in [0.2, 0.25) is 0 Å². The number of hydrogen-bond donors (Lipinski definition) is 1. The van der Waals surface area contributed by atoms with Gasteiger partial charge in [-0.25, -0.2) is 4.68 Å². The maximum Gasteiger partial charge on any atom is 0.0847 e. The van der Waals surface area contributed by atoms with Crippen LogP contribution in [0.4, 0.5) is 0 Å². The van der Waals surface area contributed by atoms with E-state index < -0.39 is 0 Å². The van der Waals surface area contributed by atoms with E-state index in [1.807, 2.05) is 19.2 Å². The number of halogens is 3. The molecule has 96 valence electrons. The fraction of sp³-hybridized carbons (Fsp3) is 0.250. The fourth-order valence-electron chi connectivity index (χ4n) is 1.53. The molecular weight excluding hydrogens is 293 g/mol. The third-order valence-electron chi connectivity index (χ3n) is 2.44. The molecule has 0 aliphatic rings. The Morgan fingerprint density at radius 1 is 1.17 bits per heavy atom. The van der Waals surface area contributed by atoms with E-state index in [9.17, 15) is 0 Å². The van der Waals surface area contributed by atoms with Gasteiger partial charge in [0, 0.05) is 12.7 Å². The lowest BCUT2D eigenvalue weighted by Gasteiger charge is -2.06. The van der Waals surface area contributed by atoms with Crippen LogP contribution in [0.5, 0.6) is 0 Å². The molecule has 6 heteroatoms. The molecule has 1 N–H and O–H groups in total. The van der Waals surface area contributed by atoms with E-state index in [4.69, 9.17) is 34.8 Å². The highest BCUT2D eigenvalue weighted by molar-refractivity contribution is 6.43. The molecule has 0 bridgehead atoms. The molecule has 0 saturated heterocycles. The van der Waals surface area contributed by atoms with Crippen LogP contribution in [0.3, 0.4) is 0 Å². The van der Waals surface area contributed by atoms with Gasteiger partial charge >= 0.3 is 0 Å². The standard InChI is InChI=1S/C12H12Cl3N3/c1-2-16-7-8-3-4-18(17-8)12-6-10(14)9(13)5-11(12)15/h3-6,16H,2,7H2,1H3. The van der Waals surface area contributed by atoms with Gasteiger partial charge in [-0.3, -0.25) is 0 Å². The minimum atomic E-state index is 0.436. The second-order valence-electron chi connectivity index (χ2n) is 3.75. The molecular formula is C12H12Cl3N3. The lowest BCUT2D eigenvalue weighted by atomic mass is 10.3. The Balaban J connectivity index is 2.31. The molecule has 3 nitrogen and oxygen atoms in total. The molecule has 2 rings (SSSR count). The smallest absolute Gasteiger partial charge is 0.0847 e. The summed E-state index contributed by atoms with van der Waals surface area (Å²) in [5.41, 5.74) is 1.66. The molecule has 0 fully saturated rings. The largest absolute Gasteiger partial charge is 0.311 e. The van der Waals surface area contributed by atoms with E-state index >= 15 is 0 Å². The summed E-state index contributed by atoms with van der Waals surface area (Å²) in [5.74, 6) is 0. The van der Waals surface area contributed by atoms with E-state index in [-0.39, 0.29) is 0 Å². The summed E-state index contributed by atoms with van der Waals surface area (Å²) in [5, 5.41) is 9.04. The maximum absolute atomic E-state index is 6.13. The number of benzene rings is 1. The van der Waals surface area contributed by atoms with Crippen molar-refractivity contribution >= 4 is 34.8 Å². The van der Waals surface area contributed by atoms with E-state index in [0.29, 0.717) is 20.8 Å². The first-order chi connectivity index (χ1) is 8.61. The van der Waals surface area contributed by atoms with Crippen LogP contribution in [0.2, 0.25) is 15.1 Å². The molecule has 0 unspecified atom stereocenters. The van der Waals surface area contributed by atoms with Crippen molar-refractivity contribution in [3.63, 3.8) is 0 Å². The Hall–Kier alpha value is -0.740. The number of rotatable bonds is 4. The molecule has 2 aromatic rings. The van der Waals surface area contributed by atoms with Gasteiger partial charge in [-0.2, -0.15) is 5.10 Å². The molecule has 1 heterocycles. The maximum atomic E-state index is 6.13. The Labute approximate surface area is 121 Å². The van der Waals surface area contributed by atoms with Gasteiger partial charge in [0.25, 0.3) is 0 Å². The SMILES string of the molecule is CCNCc1ccn(-c2cc(Cl)c(Cl)cc2Cl)n1. The van der Waals surface area contributed by atoms with Gasteiger partial charge in [0.15, 0.2) is 0 Å². The van der Waals surface area contributed by atoms with E-state index in [0.717, 1.165) is 18.8 Å². The Morgan fingerprint density at radius 3 is 2.61 bits per heavy atom. The highest BCUT2D eigenvalue weighted by Gasteiger charge is 2.09. The zero-order valence-electron chi connectivity index (χ0n) is 9.75. The van der Waals surface area contributed by atoms with Crippen molar-refractivity contribution in [3.05, 3.63) is 45.2 Å². The summed E-state index contributed by atoms with van der Waals surface area (Å²) >= 11 is 18.0. The highest BCUT2D eigenvalue weighted by Crippen LogP contribution is 2.30. The van der Waals surface area contributed by atoms with Crippen LogP contribution in [0, 0.1) is 0 Å². The third kappa shape index (κ3) is 2.98. The molecule has 18 heavy (non-hydrogen) atoms. The number of hydrogen-bond acceptors (Lipinski definition) is 2.